The molecule has 1 aliphatic rings. The summed E-state index contributed by atoms with van der Waals surface area (Å²) < 4.78 is 48.1. The molecule has 3 amide bonds. The number of amides is 3. The fourth-order valence-electron chi connectivity index (χ4n) is 2.01. The molecule has 2 rings (SSSR count). The minimum Gasteiger partial charge on any atom is -0.450 e. The number of carbonyl (C=O) groups is 2. The van der Waals surface area contributed by atoms with Gasteiger partial charge in [0.05, 0.1) is 11.6 Å². The van der Waals surface area contributed by atoms with E-state index in [0.717, 1.165) is 4.90 Å². The molecule has 11 heteroatoms. The zero-order valence-corrected chi connectivity index (χ0v) is 15.1. The second kappa shape index (κ2) is 6.82. The van der Waals surface area contributed by atoms with Crippen molar-refractivity contribution in [2.24, 2.45) is 0 Å². The van der Waals surface area contributed by atoms with Crippen LogP contribution in [0.4, 0.5) is 22.8 Å². The Bertz CT molecular complexity index is 721. The standard InChI is InChI=1S/C15H17ClF3N3O4/c1-7-11(22(7)12(23)21-13(24)26-14(2,3)4)25-10-9(16)5-8(6-20-10)15(17,18)19/h5-7,11H,1-4H3,(H,21,23,24)/t7-,11-,22?/m1/s1. The van der Waals surface area contributed by atoms with Crippen LogP contribution in [0.5, 0.6) is 5.88 Å². The van der Waals surface area contributed by atoms with Gasteiger partial charge in [0.2, 0.25) is 5.88 Å². The number of carbonyl (C=O) groups excluding carboxylic acids is 2. The number of halogens is 4. The van der Waals surface area contributed by atoms with Gasteiger partial charge in [0, 0.05) is 6.20 Å². The molecule has 0 aliphatic carbocycles. The highest BCUT2D eigenvalue weighted by atomic mass is 35.5. The number of imide groups is 1. The van der Waals surface area contributed by atoms with E-state index in [4.69, 9.17) is 21.1 Å². The number of urea groups is 1. The normalized spacial score (nSPS) is 19.8. The maximum atomic E-state index is 12.6. The van der Waals surface area contributed by atoms with Crippen molar-refractivity contribution in [3.8, 4) is 5.88 Å². The lowest BCUT2D eigenvalue weighted by molar-refractivity contribution is -0.137. The third-order valence-electron chi connectivity index (χ3n) is 3.25. The monoisotopic (exact) mass is 395 g/mol. The van der Waals surface area contributed by atoms with Crippen LogP contribution in [-0.2, 0) is 10.9 Å². The number of ether oxygens (including phenoxy) is 2. The predicted octanol–water partition coefficient (Wildman–Crippen LogP) is 3.81. The summed E-state index contributed by atoms with van der Waals surface area (Å²) >= 11 is 5.76. The molecule has 1 aromatic rings. The summed E-state index contributed by atoms with van der Waals surface area (Å²) in [6.07, 6.45) is -5.74. The van der Waals surface area contributed by atoms with Gasteiger partial charge in [0.15, 0.2) is 6.23 Å². The number of alkyl halides is 3. The maximum Gasteiger partial charge on any atom is 0.417 e. The Morgan fingerprint density at radius 2 is 1.92 bits per heavy atom. The summed E-state index contributed by atoms with van der Waals surface area (Å²) in [5, 5.41) is 1.69. The molecule has 1 aromatic heterocycles. The first kappa shape index (κ1) is 20.1. The molecule has 2 atom stereocenters. The SMILES string of the molecule is C[C@@H]1[C@@H](Oc2ncc(C(F)(F)F)cc2Cl)N1C(=O)NC(=O)OC(C)(C)C. The van der Waals surface area contributed by atoms with Crippen molar-refractivity contribution in [2.45, 2.75) is 51.7 Å². The highest BCUT2D eigenvalue weighted by molar-refractivity contribution is 6.31. The first-order chi connectivity index (χ1) is 11.8. The first-order valence-electron chi connectivity index (χ1n) is 7.51. The van der Waals surface area contributed by atoms with Crippen LogP contribution in [0.15, 0.2) is 12.3 Å². The zero-order chi connectivity index (χ0) is 19.9. The van der Waals surface area contributed by atoms with Crippen molar-refractivity contribution >= 4 is 23.7 Å². The van der Waals surface area contributed by atoms with E-state index >= 15 is 0 Å². The molecule has 0 saturated carbocycles. The molecule has 0 aromatic carbocycles. The number of nitrogens with one attached hydrogen (secondary N) is 1. The van der Waals surface area contributed by atoms with Crippen LogP contribution in [0, 0.1) is 0 Å². The van der Waals surface area contributed by atoms with Crippen LogP contribution in [0.25, 0.3) is 0 Å². The van der Waals surface area contributed by atoms with Crippen molar-refractivity contribution < 1.29 is 32.2 Å². The molecular formula is C15H17ClF3N3O4. The van der Waals surface area contributed by atoms with E-state index in [1.165, 1.54) is 0 Å². The first-order valence-corrected chi connectivity index (χ1v) is 7.89. The number of pyridine rings is 1. The van der Waals surface area contributed by atoms with Gasteiger partial charge in [-0.3, -0.25) is 4.90 Å². The van der Waals surface area contributed by atoms with E-state index in [1.807, 2.05) is 5.32 Å². The molecule has 0 bridgehead atoms. The fourth-order valence-corrected chi connectivity index (χ4v) is 2.22. The summed E-state index contributed by atoms with van der Waals surface area (Å²) in [5.41, 5.74) is -1.79. The van der Waals surface area contributed by atoms with Gasteiger partial charge < -0.3 is 9.47 Å². The minimum absolute atomic E-state index is 0.246. The topological polar surface area (TPSA) is 80.5 Å². The van der Waals surface area contributed by atoms with Gasteiger partial charge in [-0.05, 0) is 33.8 Å². The number of nitrogens with zero attached hydrogens (tertiary/aromatic N) is 2. The van der Waals surface area contributed by atoms with E-state index in [-0.39, 0.29) is 10.9 Å². The molecule has 7 nitrogen and oxygen atoms in total. The van der Waals surface area contributed by atoms with Crippen molar-refractivity contribution in [2.75, 3.05) is 0 Å². The Morgan fingerprint density at radius 1 is 1.31 bits per heavy atom. The van der Waals surface area contributed by atoms with Crippen LogP contribution in [0.2, 0.25) is 5.02 Å². The molecule has 0 spiro atoms. The maximum absolute atomic E-state index is 12.6. The van der Waals surface area contributed by atoms with E-state index in [2.05, 4.69) is 4.98 Å². The van der Waals surface area contributed by atoms with E-state index in [1.54, 1.807) is 27.7 Å². The summed E-state index contributed by atoms with van der Waals surface area (Å²) in [6.45, 7) is 6.54. The van der Waals surface area contributed by atoms with Crippen LogP contribution in [0.3, 0.4) is 0 Å². The Hall–Kier alpha value is -2.23. The summed E-state index contributed by atoms with van der Waals surface area (Å²) in [7, 11) is 0. The van der Waals surface area contributed by atoms with Crippen LogP contribution in [0.1, 0.15) is 33.3 Å². The highest BCUT2D eigenvalue weighted by Crippen LogP contribution is 2.36. The number of aromatic nitrogens is 1. The third-order valence-corrected chi connectivity index (χ3v) is 3.52. The molecule has 144 valence electrons. The number of rotatable bonds is 2. The van der Waals surface area contributed by atoms with Gasteiger partial charge in [-0.15, -0.1) is 0 Å². The largest absolute Gasteiger partial charge is 0.450 e. The predicted molar refractivity (Wildman–Crippen MR) is 84.7 cm³/mol. The molecule has 0 unspecified atom stereocenters. The quantitative estimate of drug-likeness (QED) is 0.770. The Balaban J connectivity index is 1.98. The summed E-state index contributed by atoms with van der Waals surface area (Å²) in [5.74, 6) is -0.246. The Labute approximate surface area is 152 Å². The van der Waals surface area contributed by atoms with E-state index < -0.39 is 41.7 Å². The van der Waals surface area contributed by atoms with Gasteiger partial charge >= 0.3 is 18.3 Å². The molecule has 1 N–H and O–H groups in total. The van der Waals surface area contributed by atoms with Gasteiger partial charge in [0.1, 0.15) is 10.6 Å². The van der Waals surface area contributed by atoms with Crippen molar-refractivity contribution in [3.05, 3.63) is 22.8 Å². The molecule has 26 heavy (non-hydrogen) atoms. The van der Waals surface area contributed by atoms with Gasteiger partial charge in [0.25, 0.3) is 0 Å². The van der Waals surface area contributed by atoms with Gasteiger partial charge in [-0.2, -0.15) is 13.2 Å². The fraction of sp³-hybridized carbons (Fsp3) is 0.533. The Morgan fingerprint density at radius 3 is 2.42 bits per heavy atom. The lowest BCUT2D eigenvalue weighted by Gasteiger charge is -2.19. The van der Waals surface area contributed by atoms with Gasteiger partial charge in [-0.25, -0.2) is 19.9 Å². The molecule has 1 aliphatic heterocycles. The second-order valence-corrected chi connectivity index (χ2v) is 7.00. The average molecular weight is 396 g/mol. The number of alkyl carbamates (subject to hydrolysis) is 1. The molecular weight excluding hydrogens is 379 g/mol. The van der Waals surface area contributed by atoms with E-state index in [0.29, 0.717) is 12.3 Å². The Kier molecular flexibility index (Phi) is 5.27. The smallest absolute Gasteiger partial charge is 0.417 e. The molecule has 1 fully saturated rings. The third kappa shape index (κ3) is 4.90. The minimum atomic E-state index is -4.58. The molecule has 1 saturated heterocycles. The second-order valence-electron chi connectivity index (χ2n) is 6.60. The summed E-state index contributed by atoms with van der Waals surface area (Å²) in [4.78, 5) is 28.3. The highest BCUT2D eigenvalue weighted by Gasteiger charge is 2.51. The number of hydrogen-bond acceptors (Lipinski definition) is 5. The van der Waals surface area contributed by atoms with E-state index in [9.17, 15) is 22.8 Å². The van der Waals surface area contributed by atoms with Gasteiger partial charge in [-0.1, -0.05) is 11.6 Å². The zero-order valence-electron chi connectivity index (χ0n) is 14.3. The van der Waals surface area contributed by atoms with Crippen LogP contribution < -0.4 is 10.1 Å². The molecule has 0 radical (unpaired) electrons. The number of hydrogen-bond donors (Lipinski definition) is 1. The lowest BCUT2D eigenvalue weighted by Crippen LogP contribution is -2.39. The molecule has 2 heterocycles. The van der Waals surface area contributed by atoms with Crippen LogP contribution >= 0.6 is 11.6 Å². The van der Waals surface area contributed by atoms with Crippen molar-refractivity contribution in [3.63, 3.8) is 0 Å². The van der Waals surface area contributed by atoms with Crippen molar-refractivity contribution in [1.82, 2.24) is 15.2 Å². The van der Waals surface area contributed by atoms with Crippen molar-refractivity contribution in [1.29, 1.82) is 0 Å². The lowest BCUT2D eigenvalue weighted by atomic mass is 10.2. The summed E-state index contributed by atoms with van der Waals surface area (Å²) in [6, 6.07) is -0.514. The average Bonchev–Trinajstić information content (AvgIpc) is 3.07. The van der Waals surface area contributed by atoms with Crippen LogP contribution in [-0.4, -0.2) is 39.9 Å².